The highest BCUT2D eigenvalue weighted by Gasteiger charge is 2.47. The molecule has 1 aromatic rings. The summed E-state index contributed by atoms with van der Waals surface area (Å²) in [4.78, 5) is 36.5. The number of carbonyl (C=O) groups excluding carboxylic acids is 3. The highest BCUT2D eigenvalue weighted by molar-refractivity contribution is 5.93. The lowest BCUT2D eigenvalue weighted by molar-refractivity contribution is -0.154. The predicted molar refractivity (Wildman–Crippen MR) is 90.2 cm³/mol. The molecule has 1 saturated heterocycles. The number of methoxy groups -OCH3 is 2. The van der Waals surface area contributed by atoms with Gasteiger partial charge in [-0.05, 0) is 12.1 Å². The molecule has 1 fully saturated rings. The number of carbonyl (C=O) groups is 3. The monoisotopic (exact) mass is 349 g/mol. The number of rotatable bonds is 7. The fourth-order valence-electron chi connectivity index (χ4n) is 2.82. The predicted octanol–water partition coefficient (Wildman–Crippen LogP) is 0.0554. The minimum Gasteiger partial charge on any atom is -0.497 e. The van der Waals surface area contributed by atoms with E-state index in [1.165, 1.54) is 13.8 Å². The van der Waals surface area contributed by atoms with E-state index < -0.39 is 6.04 Å². The topological polar surface area (TPSA) is 97.0 Å². The fraction of sp³-hybridized carbons (Fsp3) is 0.471. The van der Waals surface area contributed by atoms with Crippen LogP contribution in [0.5, 0.6) is 11.5 Å². The van der Waals surface area contributed by atoms with Gasteiger partial charge in [-0.2, -0.15) is 0 Å². The standard InChI is InChI=1S/C17H23N3O5/c1-10(21)18-8-14-16(19-11(2)22)17(23)20(14)9-12-5-6-13(24-3)7-15(12)25-4/h5-7,14,16H,8-9H2,1-4H3,(H,18,21)(H,19,22). The molecule has 2 unspecified atom stereocenters. The normalized spacial score (nSPS) is 19.0. The summed E-state index contributed by atoms with van der Waals surface area (Å²) in [6.45, 7) is 3.35. The number of hydrogen-bond donors (Lipinski definition) is 2. The van der Waals surface area contributed by atoms with Gasteiger partial charge in [-0.3, -0.25) is 14.4 Å². The van der Waals surface area contributed by atoms with E-state index in [2.05, 4.69) is 10.6 Å². The lowest BCUT2D eigenvalue weighted by Gasteiger charge is -2.47. The van der Waals surface area contributed by atoms with E-state index in [1.54, 1.807) is 31.3 Å². The molecule has 1 aliphatic rings. The summed E-state index contributed by atoms with van der Waals surface area (Å²) >= 11 is 0. The van der Waals surface area contributed by atoms with Crippen molar-refractivity contribution in [2.24, 2.45) is 0 Å². The van der Waals surface area contributed by atoms with Crippen molar-refractivity contribution in [2.75, 3.05) is 20.8 Å². The highest BCUT2D eigenvalue weighted by atomic mass is 16.5. The molecule has 0 bridgehead atoms. The molecule has 8 nitrogen and oxygen atoms in total. The first-order valence-electron chi connectivity index (χ1n) is 7.90. The Kier molecular flexibility index (Phi) is 5.84. The molecule has 2 N–H and O–H groups in total. The highest BCUT2D eigenvalue weighted by Crippen LogP contribution is 2.29. The molecule has 3 amide bonds. The van der Waals surface area contributed by atoms with Crippen LogP contribution in [0.2, 0.25) is 0 Å². The second kappa shape index (κ2) is 7.87. The molecule has 0 saturated carbocycles. The third kappa shape index (κ3) is 4.20. The molecular weight excluding hydrogens is 326 g/mol. The zero-order chi connectivity index (χ0) is 18.6. The van der Waals surface area contributed by atoms with Crippen LogP contribution in [0, 0.1) is 0 Å². The maximum atomic E-state index is 12.4. The second-order valence-electron chi connectivity index (χ2n) is 5.83. The van der Waals surface area contributed by atoms with Gasteiger partial charge in [0.25, 0.3) is 0 Å². The molecule has 0 radical (unpaired) electrons. The van der Waals surface area contributed by atoms with Crippen molar-refractivity contribution in [1.82, 2.24) is 15.5 Å². The molecule has 25 heavy (non-hydrogen) atoms. The van der Waals surface area contributed by atoms with Gasteiger partial charge >= 0.3 is 0 Å². The van der Waals surface area contributed by atoms with Gasteiger partial charge in [-0.15, -0.1) is 0 Å². The lowest BCUT2D eigenvalue weighted by Crippen LogP contribution is -2.72. The average Bonchev–Trinajstić information content (AvgIpc) is 2.58. The molecule has 0 spiro atoms. The van der Waals surface area contributed by atoms with E-state index in [-0.39, 0.29) is 30.3 Å². The van der Waals surface area contributed by atoms with Crippen LogP contribution in [0.15, 0.2) is 18.2 Å². The molecule has 1 heterocycles. The Morgan fingerprint density at radius 1 is 1.16 bits per heavy atom. The van der Waals surface area contributed by atoms with E-state index in [1.807, 2.05) is 6.07 Å². The first-order valence-corrected chi connectivity index (χ1v) is 7.90. The number of hydrogen-bond acceptors (Lipinski definition) is 5. The SMILES string of the molecule is COc1ccc(CN2C(=O)C(NC(C)=O)C2CNC(C)=O)c(OC)c1. The molecule has 2 atom stereocenters. The van der Waals surface area contributed by atoms with Crippen molar-refractivity contribution in [2.45, 2.75) is 32.5 Å². The smallest absolute Gasteiger partial charge is 0.248 e. The number of ether oxygens (including phenoxy) is 2. The summed E-state index contributed by atoms with van der Waals surface area (Å²) in [5.41, 5.74) is 0.811. The van der Waals surface area contributed by atoms with Crippen molar-refractivity contribution in [3.8, 4) is 11.5 Å². The molecule has 8 heteroatoms. The van der Waals surface area contributed by atoms with Gasteiger partial charge in [0.15, 0.2) is 0 Å². The van der Waals surface area contributed by atoms with Crippen LogP contribution >= 0.6 is 0 Å². The van der Waals surface area contributed by atoms with Crippen LogP contribution in [0.3, 0.4) is 0 Å². The van der Waals surface area contributed by atoms with Crippen LogP contribution in [0.25, 0.3) is 0 Å². The largest absolute Gasteiger partial charge is 0.497 e. The van der Waals surface area contributed by atoms with E-state index in [0.29, 0.717) is 18.0 Å². The summed E-state index contributed by atoms with van der Waals surface area (Å²) in [6, 6.07) is 4.41. The van der Waals surface area contributed by atoms with Gasteiger partial charge in [0.1, 0.15) is 17.5 Å². The molecule has 0 aliphatic carbocycles. The van der Waals surface area contributed by atoms with Crippen LogP contribution in [0.4, 0.5) is 0 Å². The lowest BCUT2D eigenvalue weighted by atomic mass is 9.93. The van der Waals surface area contributed by atoms with Gasteiger partial charge in [0, 0.05) is 38.6 Å². The quantitative estimate of drug-likeness (QED) is 0.678. The Balaban J connectivity index is 2.17. The van der Waals surface area contributed by atoms with E-state index in [0.717, 1.165) is 5.56 Å². The maximum absolute atomic E-state index is 12.4. The summed E-state index contributed by atoms with van der Waals surface area (Å²) in [7, 11) is 3.11. The van der Waals surface area contributed by atoms with E-state index >= 15 is 0 Å². The van der Waals surface area contributed by atoms with Crippen LogP contribution < -0.4 is 20.1 Å². The molecule has 0 aromatic heterocycles. The van der Waals surface area contributed by atoms with Crippen LogP contribution in [-0.4, -0.2) is 55.5 Å². The maximum Gasteiger partial charge on any atom is 0.248 e. The Hall–Kier alpha value is -2.77. The number of likely N-dealkylation sites (tertiary alicyclic amines) is 1. The van der Waals surface area contributed by atoms with Crippen molar-refractivity contribution in [1.29, 1.82) is 0 Å². The van der Waals surface area contributed by atoms with Crippen molar-refractivity contribution in [3.05, 3.63) is 23.8 Å². The Morgan fingerprint density at radius 3 is 2.44 bits per heavy atom. The van der Waals surface area contributed by atoms with Crippen molar-refractivity contribution in [3.63, 3.8) is 0 Å². The zero-order valence-corrected chi connectivity index (χ0v) is 14.8. The summed E-state index contributed by atoms with van der Waals surface area (Å²) in [5.74, 6) is 0.592. The second-order valence-corrected chi connectivity index (χ2v) is 5.83. The minimum absolute atomic E-state index is 0.191. The Labute approximate surface area is 146 Å². The molecular formula is C17H23N3O5. The number of nitrogens with zero attached hydrogens (tertiary/aromatic N) is 1. The zero-order valence-electron chi connectivity index (χ0n) is 14.8. The fourth-order valence-corrected chi connectivity index (χ4v) is 2.82. The van der Waals surface area contributed by atoms with E-state index in [9.17, 15) is 14.4 Å². The summed E-state index contributed by atoms with van der Waals surface area (Å²) in [6.07, 6.45) is 0. The molecule has 1 aliphatic heterocycles. The third-order valence-corrected chi connectivity index (χ3v) is 4.09. The molecule has 136 valence electrons. The van der Waals surface area contributed by atoms with Crippen molar-refractivity contribution >= 4 is 17.7 Å². The van der Waals surface area contributed by atoms with Gasteiger partial charge in [-0.25, -0.2) is 0 Å². The number of benzene rings is 1. The minimum atomic E-state index is -0.631. The molecule has 2 rings (SSSR count). The van der Waals surface area contributed by atoms with Crippen LogP contribution in [0.1, 0.15) is 19.4 Å². The van der Waals surface area contributed by atoms with Gasteiger partial charge in [0.05, 0.1) is 20.3 Å². The third-order valence-electron chi connectivity index (χ3n) is 4.09. The van der Waals surface area contributed by atoms with Gasteiger partial charge < -0.3 is 25.0 Å². The average molecular weight is 349 g/mol. The Bertz CT molecular complexity index is 676. The summed E-state index contributed by atoms with van der Waals surface area (Å²) < 4.78 is 10.5. The van der Waals surface area contributed by atoms with Gasteiger partial charge in [0.2, 0.25) is 17.7 Å². The first kappa shape index (κ1) is 18.6. The first-order chi connectivity index (χ1) is 11.9. The summed E-state index contributed by atoms with van der Waals surface area (Å²) in [5, 5.41) is 5.33. The van der Waals surface area contributed by atoms with E-state index in [4.69, 9.17) is 9.47 Å². The molecule has 1 aromatic carbocycles. The number of amides is 3. The van der Waals surface area contributed by atoms with Gasteiger partial charge in [-0.1, -0.05) is 0 Å². The number of β-lactam (4-membered cyclic amide) rings is 1. The van der Waals surface area contributed by atoms with Crippen LogP contribution in [-0.2, 0) is 20.9 Å². The Morgan fingerprint density at radius 2 is 1.88 bits per heavy atom. The van der Waals surface area contributed by atoms with Crippen molar-refractivity contribution < 1.29 is 23.9 Å². The number of nitrogens with one attached hydrogen (secondary N) is 2.